The summed E-state index contributed by atoms with van der Waals surface area (Å²) < 4.78 is 37.6. The summed E-state index contributed by atoms with van der Waals surface area (Å²) in [5, 5.41) is 54.8. The molecule has 0 saturated heterocycles. The van der Waals surface area contributed by atoms with E-state index < -0.39 is 24.7 Å². The van der Waals surface area contributed by atoms with Gasteiger partial charge in [-0.05, 0) is 48.1 Å². The Kier molecular flexibility index (Phi) is 12.3. The van der Waals surface area contributed by atoms with Crippen LogP contribution in [0.5, 0.6) is 0 Å². The third-order valence-corrected chi connectivity index (χ3v) is 7.51. The standard InChI is InChI=1S/C30H34F3N7O4S/c31-30(32,33)27(43)28(44)34-18-21-10-6-9-20(15-21)17-25(42)36-29-40-39-26(45-29)12-5-4-11-22-13-14-23(38-37-22)35-24(41)16-19-7-2-1-3-8-19/h1-3,6-10,13-15,25,27-28,34,42-44H,4-5,11-12,16-18H2,(H,36,40)(H,35,38,41). The number of rotatable bonds is 16. The van der Waals surface area contributed by atoms with E-state index in [1.807, 2.05) is 36.4 Å². The molecule has 0 fully saturated rings. The largest absolute Gasteiger partial charge is 0.418 e. The van der Waals surface area contributed by atoms with E-state index in [0.29, 0.717) is 34.9 Å². The number of amides is 1. The molecular formula is C30H34F3N7O4S. The first-order chi connectivity index (χ1) is 21.5. The number of anilines is 2. The highest BCUT2D eigenvalue weighted by atomic mass is 32.1. The molecule has 0 aliphatic rings. The Bertz CT molecular complexity index is 1490. The number of aryl methyl sites for hydroxylation is 2. The smallest absolute Gasteiger partial charge is 0.380 e. The van der Waals surface area contributed by atoms with Gasteiger partial charge in [-0.1, -0.05) is 65.9 Å². The van der Waals surface area contributed by atoms with Crippen molar-refractivity contribution in [2.75, 3.05) is 10.6 Å². The maximum atomic E-state index is 12.5. The van der Waals surface area contributed by atoms with Gasteiger partial charge in [-0.25, -0.2) is 0 Å². The quantitative estimate of drug-likeness (QED) is 0.0786. The van der Waals surface area contributed by atoms with E-state index in [1.54, 1.807) is 30.3 Å². The number of nitrogens with one attached hydrogen (secondary N) is 3. The van der Waals surface area contributed by atoms with Gasteiger partial charge in [-0.2, -0.15) is 18.3 Å². The number of hydrogen-bond donors (Lipinski definition) is 6. The molecule has 3 atom stereocenters. The van der Waals surface area contributed by atoms with Crippen LogP contribution in [-0.2, 0) is 37.0 Å². The summed E-state index contributed by atoms with van der Waals surface area (Å²) in [6.45, 7) is -0.114. The molecule has 0 radical (unpaired) electrons. The lowest BCUT2D eigenvalue weighted by Gasteiger charge is -2.21. The number of aromatic nitrogens is 4. The normalized spacial score (nSPS) is 13.6. The predicted molar refractivity (Wildman–Crippen MR) is 162 cm³/mol. The molecule has 4 aromatic rings. The molecule has 3 unspecified atom stereocenters. The Morgan fingerprint density at radius 1 is 0.844 bits per heavy atom. The first-order valence-electron chi connectivity index (χ1n) is 14.2. The van der Waals surface area contributed by atoms with Gasteiger partial charge in [0.05, 0.1) is 12.1 Å². The molecule has 0 spiro atoms. The summed E-state index contributed by atoms with van der Waals surface area (Å²) in [5.74, 6) is 0.245. The van der Waals surface area contributed by atoms with E-state index in [9.17, 15) is 28.2 Å². The lowest BCUT2D eigenvalue weighted by atomic mass is 10.1. The second-order valence-electron chi connectivity index (χ2n) is 10.3. The van der Waals surface area contributed by atoms with Crippen LogP contribution in [0.25, 0.3) is 0 Å². The van der Waals surface area contributed by atoms with E-state index >= 15 is 0 Å². The molecule has 2 aromatic heterocycles. The van der Waals surface area contributed by atoms with Gasteiger partial charge in [-0.3, -0.25) is 10.1 Å². The topological polar surface area (TPSA) is 165 Å². The minimum absolute atomic E-state index is 0.114. The minimum atomic E-state index is -4.94. The van der Waals surface area contributed by atoms with Crippen LogP contribution in [0.4, 0.5) is 24.1 Å². The number of nitrogens with zero attached hydrogens (tertiary/aromatic N) is 4. The van der Waals surface area contributed by atoms with E-state index in [-0.39, 0.29) is 25.3 Å². The van der Waals surface area contributed by atoms with Crippen molar-refractivity contribution in [2.45, 2.75) is 69.8 Å². The number of benzene rings is 2. The van der Waals surface area contributed by atoms with Crippen LogP contribution in [0.2, 0.25) is 0 Å². The average Bonchev–Trinajstić information content (AvgIpc) is 3.45. The number of carbonyl (C=O) groups is 1. The second-order valence-corrected chi connectivity index (χ2v) is 11.4. The van der Waals surface area contributed by atoms with Crippen molar-refractivity contribution in [3.63, 3.8) is 0 Å². The fourth-order valence-electron chi connectivity index (χ4n) is 4.32. The predicted octanol–water partition coefficient (Wildman–Crippen LogP) is 3.38. The second kappa shape index (κ2) is 16.3. The van der Waals surface area contributed by atoms with Crippen LogP contribution < -0.4 is 16.0 Å². The molecule has 4 rings (SSSR count). The highest BCUT2D eigenvalue weighted by molar-refractivity contribution is 7.15. The molecule has 0 aliphatic carbocycles. The molecule has 2 aromatic carbocycles. The Labute approximate surface area is 261 Å². The minimum Gasteiger partial charge on any atom is -0.380 e. The van der Waals surface area contributed by atoms with Crippen LogP contribution in [0.15, 0.2) is 66.7 Å². The van der Waals surface area contributed by atoms with E-state index in [2.05, 4.69) is 36.3 Å². The van der Waals surface area contributed by atoms with Gasteiger partial charge >= 0.3 is 6.18 Å². The zero-order valence-electron chi connectivity index (χ0n) is 24.1. The number of carbonyl (C=O) groups excluding carboxylic acids is 1. The summed E-state index contributed by atoms with van der Waals surface area (Å²) >= 11 is 1.33. The third-order valence-electron chi connectivity index (χ3n) is 6.60. The van der Waals surface area contributed by atoms with Crippen molar-refractivity contribution in [2.24, 2.45) is 0 Å². The van der Waals surface area contributed by atoms with Gasteiger partial charge in [-0.15, -0.1) is 15.3 Å². The van der Waals surface area contributed by atoms with Crippen molar-refractivity contribution in [3.8, 4) is 0 Å². The van der Waals surface area contributed by atoms with E-state index in [1.165, 1.54) is 11.3 Å². The summed E-state index contributed by atoms with van der Waals surface area (Å²) in [6.07, 6.45) is -7.46. The molecule has 1 amide bonds. The van der Waals surface area contributed by atoms with Gasteiger partial charge in [0, 0.05) is 19.4 Å². The van der Waals surface area contributed by atoms with Crippen molar-refractivity contribution >= 4 is 28.2 Å². The monoisotopic (exact) mass is 645 g/mol. The zero-order chi connectivity index (χ0) is 32.2. The SMILES string of the molecule is O=C(Cc1ccccc1)Nc1ccc(CCCCc2nnc(NC(O)Cc3cccc(CNC(O)C(O)C(F)(F)F)c3)s2)nn1. The Morgan fingerprint density at radius 3 is 2.31 bits per heavy atom. The maximum Gasteiger partial charge on any atom is 0.418 e. The average molecular weight is 646 g/mol. The van der Waals surface area contributed by atoms with Crippen LogP contribution >= 0.6 is 11.3 Å². The van der Waals surface area contributed by atoms with Crippen LogP contribution in [-0.4, -0.2) is 66.4 Å². The summed E-state index contributed by atoms with van der Waals surface area (Å²) in [6, 6.07) is 19.8. The number of hydrogen-bond acceptors (Lipinski definition) is 11. The highest BCUT2D eigenvalue weighted by Crippen LogP contribution is 2.22. The first kappa shape index (κ1) is 33.9. The van der Waals surface area contributed by atoms with Gasteiger partial charge in [0.2, 0.25) is 11.0 Å². The summed E-state index contributed by atoms with van der Waals surface area (Å²) in [7, 11) is 0. The molecule has 0 aliphatic heterocycles. The van der Waals surface area contributed by atoms with Crippen molar-refractivity contribution in [3.05, 3.63) is 94.1 Å². The zero-order valence-corrected chi connectivity index (χ0v) is 24.9. The molecule has 0 saturated carbocycles. The van der Waals surface area contributed by atoms with Crippen molar-refractivity contribution in [1.29, 1.82) is 0 Å². The molecule has 0 bridgehead atoms. The van der Waals surface area contributed by atoms with Crippen LogP contribution in [0.3, 0.4) is 0 Å². The fourth-order valence-corrected chi connectivity index (χ4v) is 5.15. The van der Waals surface area contributed by atoms with Crippen LogP contribution in [0.1, 0.15) is 40.2 Å². The van der Waals surface area contributed by atoms with Gasteiger partial charge in [0.15, 0.2) is 11.9 Å². The lowest BCUT2D eigenvalue weighted by Crippen LogP contribution is -2.47. The molecule has 45 heavy (non-hydrogen) atoms. The summed E-state index contributed by atoms with van der Waals surface area (Å²) in [4.78, 5) is 12.2. The fraction of sp³-hybridized carbons (Fsp3) is 0.367. The van der Waals surface area contributed by atoms with Gasteiger partial charge < -0.3 is 26.0 Å². The number of alkyl halides is 3. The van der Waals surface area contributed by atoms with E-state index in [4.69, 9.17) is 5.11 Å². The Morgan fingerprint density at radius 2 is 1.58 bits per heavy atom. The van der Waals surface area contributed by atoms with Crippen LogP contribution in [0, 0.1) is 0 Å². The summed E-state index contributed by atoms with van der Waals surface area (Å²) in [5.41, 5.74) is 3.00. The Balaban J connectivity index is 1.14. The molecule has 11 nitrogen and oxygen atoms in total. The Hall–Kier alpha value is -4.02. The lowest BCUT2D eigenvalue weighted by molar-refractivity contribution is -0.234. The number of aliphatic hydroxyl groups is 3. The highest BCUT2D eigenvalue weighted by Gasteiger charge is 2.42. The third kappa shape index (κ3) is 11.4. The molecular weight excluding hydrogens is 611 g/mol. The number of aliphatic hydroxyl groups excluding tert-OH is 3. The van der Waals surface area contributed by atoms with Crippen molar-refractivity contribution in [1.82, 2.24) is 25.7 Å². The van der Waals surface area contributed by atoms with Gasteiger partial charge in [0.25, 0.3) is 0 Å². The first-order valence-corrected chi connectivity index (χ1v) is 15.0. The van der Waals surface area contributed by atoms with Gasteiger partial charge in [0.1, 0.15) is 17.5 Å². The molecule has 2 heterocycles. The number of unbranched alkanes of at least 4 members (excludes halogenated alkanes) is 1. The maximum absolute atomic E-state index is 12.5. The molecule has 15 heteroatoms. The number of halogens is 3. The van der Waals surface area contributed by atoms with Crippen molar-refractivity contribution < 1.29 is 33.3 Å². The van der Waals surface area contributed by atoms with E-state index in [0.717, 1.165) is 29.1 Å². The molecule has 6 N–H and O–H groups in total. The molecule has 240 valence electrons.